The van der Waals surface area contributed by atoms with E-state index >= 15 is 0 Å². The maximum atomic E-state index is 13.2. The number of hydrogen-bond acceptors (Lipinski definition) is 9. The first-order valence-electron chi connectivity index (χ1n) is 9.45. The summed E-state index contributed by atoms with van der Waals surface area (Å²) in [4.78, 5) is 24.4. The van der Waals surface area contributed by atoms with Crippen LogP contribution in [0.25, 0.3) is 0 Å². The van der Waals surface area contributed by atoms with Crippen molar-refractivity contribution in [2.24, 2.45) is 0 Å². The lowest BCUT2D eigenvalue weighted by atomic mass is 9.83. The van der Waals surface area contributed by atoms with Crippen LogP contribution in [0.2, 0.25) is 0 Å². The van der Waals surface area contributed by atoms with E-state index in [1.807, 2.05) is 0 Å². The summed E-state index contributed by atoms with van der Waals surface area (Å²) in [5.74, 6) is -2.32. The molecule has 5 atom stereocenters. The van der Waals surface area contributed by atoms with E-state index in [0.29, 0.717) is 11.1 Å². The SMILES string of the molecule is O=C(O)c1cc(O)c2c(c1)Cc1cccc(OC3O[C@H](CO)[C@@H](O)[C@H](O)[C@H]3O)c1C2=O. The van der Waals surface area contributed by atoms with Crippen molar-refractivity contribution in [2.75, 3.05) is 6.61 Å². The van der Waals surface area contributed by atoms with Crippen molar-refractivity contribution in [3.63, 3.8) is 0 Å². The van der Waals surface area contributed by atoms with Crippen LogP contribution in [0.3, 0.4) is 0 Å². The van der Waals surface area contributed by atoms with E-state index in [-0.39, 0.29) is 28.9 Å². The fourth-order valence-corrected chi connectivity index (χ4v) is 3.91. The van der Waals surface area contributed by atoms with Crippen LogP contribution in [-0.2, 0) is 11.2 Å². The number of carboxylic acids is 1. The van der Waals surface area contributed by atoms with E-state index in [0.717, 1.165) is 6.07 Å². The Morgan fingerprint density at radius 1 is 1.06 bits per heavy atom. The van der Waals surface area contributed by atoms with Gasteiger partial charge in [-0.05, 0) is 35.7 Å². The highest BCUT2D eigenvalue weighted by Crippen LogP contribution is 2.38. The highest BCUT2D eigenvalue weighted by atomic mass is 16.7. The van der Waals surface area contributed by atoms with E-state index in [2.05, 4.69) is 0 Å². The molecule has 2 aromatic rings. The topological polar surface area (TPSA) is 174 Å². The first kappa shape index (κ1) is 21.2. The number of phenols is 1. The summed E-state index contributed by atoms with van der Waals surface area (Å²) in [6.45, 7) is -0.635. The van der Waals surface area contributed by atoms with E-state index in [4.69, 9.17) is 9.47 Å². The van der Waals surface area contributed by atoms with Crippen molar-refractivity contribution in [3.05, 3.63) is 58.1 Å². The van der Waals surface area contributed by atoms with Gasteiger partial charge in [-0.2, -0.15) is 0 Å². The summed E-state index contributed by atoms with van der Waals surface area (Å²) >= 11 is 0. The summed E-state index contributed by atoms with van der Waals surface area (Å²) in [6, 6.07) is 6.97. The third-order valence-electron chi connectivity index (χ3n) is 5.49. The maximum absolute atomic E-state index is 13.2. The number of ether oxygens (including phenoxy) is 2. The number of benzene rings is 2. The molecule has 1 aliphatic heterocycles. The largest absolute Gasteiger partial charge is 0.507 e. The minimum atomic E-state index is -1.66. The Balaban J connectivity index is 1.70. The van der Waals surface area contributed by atoms with Crippen LogP contribution in [0.1, 0.15) is 37.4 Å². The van der Waals surface area contributed by atoms with Crippen molar-refractivity contribution in [3.8, 4) is 11.5 Å². The predicted octanol–water partition coefficient (Wildman–Crippen LogP) is -0.596. The standard InChI is InChI=1S/C21H20O10/c22-7-13-16(24)18(26)19(27)21(31-13)30-12-3-1-2-8-4-9-5-10(20(28)29)6-11(23)14(9)17(25)15(8)12/h1-3,5-6,13,16,18-19,21-24,26-27H,4,7H2,(H,28,29)/t13-,16-,18+,19-,21?/m1/s1. The number of phenolic OH excluding ortho intramolecular Hbond substituents is 1. The van der Waals surface area contributed by atoms with Gasteiger partial charge in [-0.1, -0.05) is 12.1 Å². The molecule has 6 N–H and O–H groups in total. The average Bonchev–Trinajstić information content (AvgIpc) is 2.73. The summed E-state index contributed by atoms with van der Waals surface area (Å²) in [5, 5.41) is 58.9. The van der Waals surface area contributed by atoms with Gasteiger partial charge in [0.15, 0.2) is 0 Å². The quantitative estimate of drug-likeness (QED) is 0.312. The van der Waals surface area contributed by atoms with Gasteiger partial charge in [0.1, 0.15) is 35.9 Å². The fraction of sp³-hybridized carbons (Fsp3) is 0.333. The highest BCUT2D eigenvalue weighted by Gasteiger charge is 2.45. The zero-order valence-corrected chi connectivity index (χ0v) is 16.0. The number of hydrogen-bond donors (Lipinski definition) is 6. The molecule has 0 amide bonds. The van der Waals surface area contributed by atoms with E-state index in [1.165, 1.54) is 12.1 Å². The van der Waals surface area contributed by atoms with E-state index < -0.39 is 54.8 Å². The van der Waals surface area contributed by atoms with Crippen molar-refractivity contribution in [1.29, 1.82) is 0 Å². The smallest absolute Gasteiger partial charge is 0.335 e. The van der Waals surface area contributed by atoms with Crippen LogP contribution in [-0.4, -0.2) is 79.7 Å². The minimum absolute atomic E-state index is 0.000749. The molecule has 1 unspecified atom stereocenters. The molecule has 0 spiro atoms. The molecule has 1 heterocycles. The van der Waals surface area contributed by atoms with Crippen LogP contribution in [0.5, 0.6) is 11.5 Å². The van der Waals surface area contributed by atoms with Gasteiger partial charge in [-0.15, -0.1) is 0 Å². The van der Waals surface area contributed by atoms with Crippen LogP contribution in [0.15, 0.2) is 30.3 Å². The Hall–Kier alpha value is -3.02. The zero-order valence-electron chi connectivity index (χ0n) is 16.0. The number of carbonyl (C=O) groups is 2. The first-order valence-corrected chi connectivity index (χ1v) is 9.45. The number of aromatic carboxylic acids is 1. The van der Waals surface area contributed by atoms with Gasteiger partial charge in [-0.3, -0.25) is 4.79 Å². The van der Waals surface area contributed by atoms with Gasteiger partial charge in [0, 0.05) is 0 Å². The fourth-order valence-electron chi connectivity index (χ4n) is 3.91. The highest BCUT2D eigenvalue weighted by molar-refractivity contribution is 6.16. The molecule has 4 rings (SSSR count). The maximum Gasteiger partial charge on any atom is 0.335 e. The van der Waals surface area contributed by atoms with Crippen LogP contribution in [0.4, 0.5) is 0 Å². The van der Waals surface area contributed by atoms with E-state index in [1.54, 1.807) is 12.1 Å². The second-order valence-electron chi connectivity index (χ2n) is 7.45. The number of fused-ring (bicyclic) bond motifs is 2. The number of aliphatic hydroxyl groups is 4. The van der Waals surface area contributed by atoms with Gasteiger partial charge in [-0.25, -0.2) is 4.79 Å². The van der Waals surface area contributed by atoms with Gasteiger partial charge >= 0.3 is 5.97 Å². The lowest BCUT2D eigenvalue weighted by molar-refractivity contribution is -0.277. The Morgan fingerprint density at radius 3 is 2.48 bits per heavy atom. The molecule has 0 saturated carbocycles. The van der Waals surface area contributed by atoms with Crippen LogP contribution < -0.4 is 4.74 Å². The summed E-state index contributed by atoms with van der Waals surface area (Å²) < 4.78 is 11.0. The minimum Gasteiger partial charge on any atom is -0.507 e. The molecule has 0 bridgehead atoms. The molecule has 1 aliphatic carbocycles. The first-order chi connectivity index (χ1) is 14.7. The molecule has 164 valence electrons. The summed E-state index contributed by atoms with van der Waals surface area (Å²) in [5.41, 5.74) is 0.732. The molecule has 10 nitrogen and oxygen atoms in total. The predicted molar refractivity (Wildman–Crippen MR) is 102 cm³/mol. The number of carbonyl (C=O) groups excluding carboxylic acids is 1. The molecule has 2 aromatic carbocycles. The van der Waals surface area contributed by atoms with E-state index in [9.17, 15) is 40.2 Å². The Morgan fingerprint density at radius 2 is 1.81 bits per heavy atom. The van der Waals surface area contributed by atoms with Crippen molar-refractivity contribution < 1.29 is 49.7 Å². The van der Waals surface area contributed by atoms with Gasteiger partial charge in [0.2, 0.25) is 12.1 Å². The Bertz CT molecular complexity index is 1050. The molecular weight excluding hydrogens is 412 g/mol. The molecule has 0 radical (unpaired) electrons. The lowest BCUT2D eigenvalue weighted by Crippen LogP contribution is -2.60. The molecular formula is C21H20O10. The van der Waals surface area contributed by atoms with Gasteiger partial charge in [0.05, 0.1) is 23.3 Å². The van der Waals surface area contributed by atoms with Crippen LogP contribution in [0, 0.1) is 0 Å². The monoisotopic (exact) mass is 432 g/mol. The molecule has 2 aliphatic rings. The Labute approximate surface area is 175 Å². The molecule has 1 saturated heterocycles. The number of carboxylic acid groups (broad SMARTS) is 1. The third-order valence-corrected chi connectivity index (χ3v) is 5.49. The lowest BCUT2D eigenvalue weighted by Gasteiger charge is -2.39. The second-order valence-corrected chi connectivity index (χ2v) is 7.45. The average molecular weight is 432 g/mol. The number of ketones is 1. The molecule has 0 aromatic heterocycles. The van der Waals surface area contributed by atoms with Crippen molar-refractivity contribution in [1.82, 2.24) is 0 Å². The van der Waals surface area contributed by atoms with Crippen LogP contribution >= 0.6 is 0 Å². The van der Waals surface area contributed by atoms with Gasteiger partial charge < -0.3 is 40.1 Å². The normalized spacial score (nSPS) is 27.4. The number of aromatic hydroxyl groups is 1. The number of rotatable bonds is 4. The second kappa shape index (κ2) is 7.91. The summed E-state index contributed by atoms with van der Waals surface area (Å²) in [6.07, 6.45) is -7.39. The van der Waals surface area contributed by atoms with Crippen molar-refractivity contribution >= 4 is 11.8 Å². The zero-order chi connectivity index (χ0) is 22.4. The molecule has 10 heteroatoms. The third kappa shape index (κ3) is 3.54. The molecule has 1 fully saturated rings. The molecule has 31 heavy (non-hydrogen) atoms. The Kier molecular flexibility index (Phi) is 5.42. The van der Waals surface area contributed by atoms with Gasteiger partial charge in [0.25, 0.3) is 0 Å². The summed E-state index contributed by atoms with van der Waals surface area (Å²) in [7, 11) is 0. The van der Waals surface area contributed by atoms with Crippen molar-refractivity contribution in [2.45, 2.75) is 37.1 Å². The number of aliphatic hydroxyl groups excluding tert-OH is 4.